The highest BCUT2D eigenvalue weighted by Gasteiger charge is 2.25. The summed E-state index contributed by atoms with van der Waals surface area (Å²) in [5.74, 6) is -0.0537. The number of hydrogen-bond donors (Lipinski definition) is 1. The predicted molar refractivity (Wildman–Crippen MR) is 91.9 cm³/mol. The molecule has 0 radical (unpaired) electrons. The van der Waals surface area contributed by atoms with E-state index in [0.717, 1.165) is 18.6 Å². The molecule has 25 heavy (non-hydrogen) atoms. The monoisotopic (exact) mass is 361 g/mol. The zero-order valence-electron chi connectivity index (χ0n) is 13.1. The Balaban J connectivity index is 1.91. The van der Waals surface area contributed by atoms with Gasteiger partial charge in [-0.05, 0) is 30.7 Å². The molecule has 1 aliphatic rings. The third kappa shape index (κ3) is 3.45. The summed E-state index contributed by atoms with van der Waals surface area (Å²) in [6, 6.07) is 11.2. The van der Waals surface area contributed by atoms with Crippen molar-refractivity contribution >= 4 is 33.0 Å². The van der Waals surface area contributed by atoms with E-state index in [2.05, 4.69) is 4.72 Å². The van der Waals surface area contributed by atoms with Gasteiger partial charge in [-0.2, -0.15) is 0 Å². The summed E-state index contributed by atoms with van der Waals surface area (Å²) >= 11 is 0. The van der Waals surface area contributed by atoms with Crippen molar-refractivity contribution in [3.05, 3.63) is 58.6 Å². The number of carbonyl (C=O) groups excluding carboxylic acids is 1. The van der Waals surface area contributed by atoms with Crippen molar-refractivity contribution < 1.29 is 18.1 Å². The summed E-state index contributed by atoms with van der Waals surface area (Å²) in [4.78, 5) is 23.5. The molecule has 0 bridgehead atoms. The van der Waals surface area contributed by atoms with E-state index in [-0.39, 0.29) is 22.2 Å². The van der Waals surface area contributed by atoms with E-state index in [9.17, 15) is 23.3 Å². The minimum absolute atomic E-state index is 0.0537. The molecule has 1 saturated heterocycles. The molecule has 1 amide bonds. The number of benzene rings is 2. The molecule has 3 rings (SSSR count). The van der Waals surface area contributed by atoms with Crippen molar-refractivity contribution in [2.45, 2.75) is 17.7 Å². The number of carbonyl (C=O) groups is 1. The lowest BCUT2D eigenvalue weighted by molar-refractivity contribution is -0.384. The molecular weight excluding hydrogens is 346 g/mol. The summed E-state index contributed by atoms with van der Waals surface area (Å²) in [7, 11) is -3.94. The summed E-state index contributed by atoms with van der Waals surface area (Å²) in [5.41, 5.74) is 0.591. The van der Waals surface area contributed by atoms with Gasteiger partial charge in [0.1, 0.15) is 0 Å². The first-order valence-corrected chi connectivity index (χ1v) is 9.03. The summed E-state index contributed by atoms with van der Waals surface area (Å²) in [5, 5.41) is 10.7. The van der Waals surface area contributed by atoms with Crippen LogP contribution < -0.4 is 9.62 Å². The van der Waals surface area contributed by atoms with Crippen LogP contribution in [0.25, 0.3) is 0 Å². The first kappa shape index (κ1) is 16.9. The van der Waals surface area contributed by atoms with E-state index in [0.29, 0.717) is 18.7 Å². The summed E-state index contributed by atoms with van der Waals surface area (Å²) in [6.45, 7) is 0.537. The second-order valence-corrected chi connectivity index (χ2v) is 7.20. The van der Waals surface area contributed by atoms with Crippen molar-refractivity contribution in [1.29, 1.82) is 0 Å². The Kier molecular flexibility index (Phi) is 4.41. The quantitative estimate of drug-likeness (QED) is 0.650. The molecule has 8 nitrogen and oxygen atoms in total. The number of hydrogen-bond acceptors (Lipinski definition) is 5. The van der Waals surface area contributed by atoms with Gasteiger partial charge in [0, 0.05) is 25.1 Å². The maximum atomic E-state index is 12.5. The first-order valence-electron chi connectivity index (χ1n) is 7.55. The maximum Gasteiger partial charge on any atom is 0.269 e. The van der Waals surface area contributed by atoms with Crippen LogP contribution in [0.3, 0.4) is 0 Å². The van der Waals surface area contributed by atoms with E-state index < -0.39 is 14.9 Å². The van der Waals surface area contributed by atoms with E-state index in [1.54, 1.807) is 29.2 Å². The Morgan fingerprint density at radius 2 is 1.76 bits per heavy atom. The van der Waals surface area contributed by atoms with Gasteiger partial charge in [0.15, 0.2) is 0 Å². The number of nitro groups is 1. The van der Waals surface area contributed by atoms with Crippen molar-refractivity contribution in [3.63, 3.8) is 0 Å². The van der Waals surface area contributed by atoms with Gasteiger partial charge in [0.05, 0.1) is 21.2 Å². The standard InChI is InChI=1S/C16H15N3O5S/c20-16-6-3-11-18(16)15-5-2-1-4-14(15)17-25(23,24)13-9-7-12(8-10-13)19(21)22/h1-2,4-5,7-10,17H,3,6,11H2. The summed E-state index contributed by atoms with van der Waals surface area (Å²) in [6.07, 6.45) is 1.16. The van der Waals surface area contributed by atoms with Crippen molar-refractivity contribution in [2.24, 2.45) is 0 Å². The van der Waals surface area contributed by atoms with Gasteiger partial charge in [0.25, 0.3) is 15.7 Å². The number of non-ortho nitro benzene ring substituents is 1. The first-order chi connectivity index (χ1) is 11.9. The van der Waals surface area contributed by atoms with Crippen LogP contribution in [-0.2, 0) is 14.8 Å². The molecule has 1 heterocycles. The second kappa shape index (κ2) is 6.52. The molecule has 2 aromatic rings. The van der Waals surface area contributed by atoms with Crippen LogP contribution >= 0.6 is 0 Å². The van der Waals surface area contributed by atoms with Crippen LogP contribution in [0.5, 0.6) is 0 Å². The van der Waals surface area contributed by atoms with Gasteiger partial charge < -0.3 is 4.90 Å². The van der Waals surface area contributed by atoms with E-state index >= 15 is 0 Å². The molecule has 0 aromatic heterocycles. The van der Waals surface area contributed by atoms with Crippen LogP contribution in [-0.4, -0.2) is 25.8 Å². The zero-order valence-corrected chi connectivity index (χ0v) is 13.9. The molecular formula is C16H15N3O5S. The number of nitro benzene ring substituents is 1. The molecule has 0 atom stereocenters. The zero-order chi connectivity index (χ0) is 18.0. The number of amides is 1. The third-order valence-electron chi connectivity index (χ3n) is 3.87. The van der Waals surface area contributed by atoms with Crippen molar-refractivity contribution in [1.82, 2.24) is 0 Å². The van der Waals surface area contributed by atoms with E-state index in [4.69, 9.17) is 0 Å². The minimum Gasteiger partial charge on any atom is -0.310 e. The van der Waals surface area contributed by atoms with Gasteiger partial charge in [-0.3, -0.25) is 19.6 Å². The molecule has 9 heteroatoms. The Hall–Kier alpha value is -2.94. The molecule has 2 aromatic carbocycles. The van der Waals surface area contributed by atoms with Crippen LogP contribution in [0.4, 0.5) is 17.1 Å². The molecule has 0 unspecified atom stereocenters. The second-order valence-electron chi connectivity index (χ2n) is 5.52. The number of rotatable bonds is 5. The Morgan fingerprint density at radius 1 is 1.08 bits per heavy atom. The lowest BCUT2D eigenvalue weighted by Crippen LogP contribution is -2.25. The number of nitrogens with one attached hydrogen (secondary N) is 1. The predicted octanol–water partition coefficient (Wildman–Crippen LogP) is 2.52. The smallest absolute Gasteiger partial charge is 0.269 e. The minimum atomic E-state index is -3.94. The lowest BCUT2D eigenvalue weighted by Gasteiger charge is -2.20. The van der Waals surface area contributed by atoms with Gasteiger partial charge in [0.2, 0.25) is 5.91 Å². The fourth-order valence-electron chi connectivity index (χ4n) is 2.65. The number of para-hydroxylation sites is 2. The molecule has 0 spiro atoms. The van der Waals surface area contributed by atoms with Crippen molar-refractivity contribution in [3.8, 4) is 0 Å². The Labute approximate surface area is 144 Å². The molecule has 130 valence electrons. The Morgan fingerprint density at radius 3 is 2.36 bits per heavy atom. The molecule has 0 aliphatic carbocycles. The average molecular weight is 361 g/mol. The number of nitrogens with zero attached hydrogens (tertiary/aromatic N) is 2. The number of anilines is 2. The van der Waals surface area contributed by atoms with Crippen LogP contribution in [0.15, 0.2) is 53.4 Å². The molecule has 1 aliphatic heterocycles. The van der Waals surface area contributed by atoms with Crippen molar-refractivity contribution in [2.75, 3.05) is 16.2 Å². The highest BCUT2D eigenvalue weighted by atomic mass is 32.2. The average Bonchev–Trinajstić information content (AvgIpc) is 3.01. The normalized spacial score (nSPS) is 14.6. The Bertz CT molecular complexity index is 925. The van der Waals surface area contributed by atoms with Gasteiger partial charge in [-0.1, -0.05) is 12.1 Å². The van der Waals surface area contributed by atoms with Crippen LogP contribution in [0.1, 0.15) is 12.8 Å². The van der Waals surface area contributed by atoms with Crippen LogP contribution in [0, 0.1) is 10.1 Å². The molecule has 1 fully saturated rings. The van der Waals surface area contributed by atoms with Gasteiger partial charge in [-0.25, -0.2) is 8.42 Å². The van der Waals surface area contributed by atoms with Gasteiger partial charge >= 0.3 is 0 Å². The highest BCUT2D eigenvalue weighted by Crippen LogP contribution is 2.31. The molecule has 1 N–H and O–H groups in total. The summed E-state index contributed by atoms with van der Waals surface area (Å²) < 4.78 is 27.6. The van der Waals surface area contributed by atoms with Gasteiger partial charge in [-0.15, -0.1) is 0 Å². The van der Waals surface area contributed by atoms with E-state index in [1.807, 2.05) is 0 Å². The largest absolute Gasteiger partial charge is 0.310 e. The highest BCUT2D eigenvalue weighted by molar-refractivity contribution is 7.92. The lowest BCUT2D eigenvalue weighted by atomic mass is 10.2. The SMILES string of the molecule is O=C1CCCN1c1ccccc1NS(=O)(=O)c1ccc([N+](=O)[O-])cc1. The third-order valence-corrected chi connectivity index (χ3v) is 5.25. The molecule has 0 saturated carbocycles. The van der Waals surface area contributed by atoms with E-state index in [1.165, 1.54) is 12.1 Å². The van der Waals surface area contributed by atoms with Crippen LogP contribution in [0.2, 0.25) is 0 Å². The topological polar surface area (TPSA) is 110 Å². The fraction of sp³-hybridized carbons (Fsp3) is 0.188. The maximum absolute atomic E-state index is 12.5. The number of sulfonamides is 1. The fourth-order valence-corrected chi connectivity index (χ4v) is 3.72.